The number of nitrogens with one attached hydrogen (secondary N) is 1. The predicted molar refractivity (Wildman–Crippen MR) is 113 cm³/mol. The van der Waals surface area contributed by atoms with Crippen molar-refractivity contribution in [2.45, 2.75) is 19.9 Å². The Labute approximate surface area is 172 Å². The lowest BCUT2D eigenvalue weighted by Crippen LogP contribution is -2.26. The first-order chi connectivity index (χ1) is 14.5. The molecule has 0 saturated carbocycles. The molecule has 150 valence electrons. The van der Waals surface area contributed by atoms with Crippen LogP contribution in [0.1, 0.15) is 28.7 Å². The Morgan fingerprint density at radius 1 is 1.13 bits per heavy atom. The summed E-state index contributed by atoms with van der Waals surface area (Å²) in [6.07, 6.45) is 3.64. The van der Waals surface area contributed by atoms with E-state index in [2.05, 4.69) is 15.3 Å². The summed E-state index contributed by atoms with van der Waals surface area (Å²) in [6, 6.07) is 14.4. The van der Waals surface area contributed by atoms with Crippen LogP contribution in [0.2, 0.25) is 0 Å². The molecular formula is C23H19FN4O2. The Balaban J connectivity index is 1.72. The van der Waals surface area contributed by atoms with Gasteiger partial charge in [-0.05, 0) is 48.0 Å². The van der Waals surface area contributed by atoms with E-state index in [-0.39, 0.29) is 23.8 Å². The number of nitrogens with zero attached hydrogens (tertiary/aromatic N) is 3. The number of pyridine rings is 1. The van der Waals surface area contributed by atoms with Crippen LogP contribution in [-0.4, -0.2) is 20.4 Å². The Morgan fingerprint density at radius 2 is 1.93 bits per heavy atom. The zero-order chi connectivity index (χ0) is 21.1. The number of carbonyl (C=O) groups is 1. The maximum Gasteiger partial charge on any atom is 0.261 e. The van der Waals surface area contributed by atoms with Crippen molar-refractivity contribution in [1.29, 1.82) is 0 Å². The number of carbonyl (C=O) groups excluding carboxylic acids is 1. The smallest absolute Gasteiger partial charge is 0.261 e. The summed E-state index contributed by atoms with van der Waals surface area (Å²) in [5, 5.41) is 3.19. The molecular weight excluding hydrogens is 383 g/mol. The number of amides is 1. The van der Waals surface area contributed by atoms with E-state index < -0.39 is 0 Å². The van der Waals surface area contributed by atoms with Crippen molar-refractivity contribution in [1.82, 2.24) is 14.5 Å². The van der Waals surface area contributed by atoms with Crippen molar-refractivity contribution < 1.29 is 9.18 Å². The summed E-state index contributed by atoms with van der Waals surface area (Å²) >= 11 is 0. The summed E-state index contributed by atoms with van der Waals surface area (Å²) in [5.74, 6) is 0.00337. The lowest BCUT2D eigenvalue weighted by molar-refractivity contribution is 0.102. The highest BCUT2D eigenvalue weighted by atomic mass is 19.1. The van der Waals surface area contributed by atoms with Crippen LogP contribution in [0.25, 0.3) is 10.9 Å². The maximum absolute atomic E-state index is 13.2. The third kappa shape index (κ3) is 3.96. The van der Waals surface area contributed by atoms with Crippen molar-refractivity contribution in [3.05, 3.63) is 100 Å². The monoisotopic (exact) mass is 402 g/mol. The van der Waals surface area contributed by atoms with Gasteiger partial charge in [0.05, 0.1) is 23.0 Å². The fraction of sp³-hybridized carbons (Fsp3) is 0.130. The summed E-state index contributed by atoms with van der Waals surface area (Å²) in [6.45, 7) is 2.22. The van der Waals surface area contributed by atoms with E-state index in [0.29, 0.717) is 34.4 Å². The highest BCUT2D eigenvalue weighted by Gasteiger charge is 2.13. The molecule has 1 amide bonds. The van der Waals surface area contributed by atoms with E-state index in [1.165, 1.54) is 18.3 Å². The molecule has 0 aliphatic carbocycles. The fourth-order valence-electron chi connectivity index (χ4n) is 3.25. The molecule has 0 radical (unpaired) electrons. The summed E-state index contributed by atoms with van der Waals surface area (Å²) in [7, 11) is 0. The van der Waals surface area contributed by atoms with Gasteiger partial charge in [0, 0.05) is 24.5 Å². The van der Waals surface area contributed by atoms with Crippen molar-refractivity contribution in [3.8, 4) is 0 Å². The van der Waals surface area contributed by atoms with Crippen LogP contribution in [0.5, 0.6) is 0 Å². The first kappa shape index (κ1) is 19.4. The van der Waals surface area contributed by atoms with Crippen molar-refractivity contribution >= 4 is 22.5 Å². The molecule has 0 fully saturated rings. The van der Waals surface area contributed by atoms with Crippen molar-refractivity contribution in [3.63, 3.8) is 0 Å². The van der Waals surface area contributed by atoms with Crippen molar-refractivity contribution in [2.75, 3.05) is 5.32 Å². The third-order valence-electron chi connectivity index (χ3n) is 4.78. The SMILES string of the molecule is CCc1nc2ccc(NC(=O)c3cccnc3)cc2c(=O)n1Cc1ccc(F)cc1. The van der Waals surface area contributed by atoms with Crippen molar-refractivity contribution in [2.24, 2.45) is 0 Å². The maximum atomic E-state index is 13.2. The van der Waals surface area contributed by atoms with Crippen LogP contribution in [0.3, 0.4) is 0 Å². The highest BCUT2D eigenvalue weighted by molar-refractivity contribution is 6.04. The standard InChI is InChI=1S/C23H19FN4O2/c1-2-21-27-20-10-9-18(26-22(29)16-4-3-11-25-13-16)12-19(20)23(30)28(21)14-15-5-7-17(24)8-6-15/h3-13H,2,14H2,1H3,(H,26,29). The van der Waals surface area contributed by atoms with Crippen LogP contribution in [0.4, 0.5) is 10.1 Å². The number of rotatable bonds is 5. The quantitative estimate of drug-likeness (QED) is 0.551. The van der Waals surface area contributed by atoms with Gasteiger partial charge in [0.2, 0.25) is 0 Å². The van der Waals surface area contributed by atoms with Gasteiger partial charge in [-0.25, -0.2) is 9.37 Å². The van der Waals surface area contributed by atoms with Gasteiger partial charge in [-0.1, -0.05) is 19.1 Å². The van der Waals surface area contributed by atoms with Crippen LogP contribution < -0.4 is 10.9 Å². The summed E-state index contributed by atoms with van der Waals surface area (Å²) in [5.41, 5.74) is 2.07. The molecule has 1 N–H and O–H groups in total. The molecule has 4 aromatic rings. The predicted octanol–water partition coefficient (Wildman–Crippen LogP) is 3.79. The molecule has 0 bridgehead atoms. The number of aromatic nitrogens is 3. The van der Waals surface area contributed by atoms with Gasteiger partial charge in [0.1, 0.15) is 11.6 Å². The number of hydrogen-bond donors (Lipinski definition) is 1. The zero-order valence-electron chi connectivity index (χ0n) is 16.3. The average molecular weight is 402 g/mol. The van der Waals surface area contributed by atoms with Gasteiger partial charge in [-0.2, -0.15) is 0 Å². The molecule has 7 heteroatoms. The van der Waals surface area contributed by atoms with Crippen LogP contribution in [-0.2, 0) is 13.0 Å². The van der Waals surface area contributed by atoms with Gasteiger partial charge in [0.25, 0.3) is 11.5 Å². The van der Waals surface area contributed by atoms with E-state index >= 15 is 0 Å². The van der Waals surface area contributed by atoms with E-state index in [9.17, 15) is 14.0 Å². The van der Waals surface area contributed by atoms with Gasteiger partial charge < -0.3 is 5.32 Å². The normalized spacial score (nSPS) is 10.9. The largest absolute Gasteiger partial charge is 0.322 e. The Kier molecular flexibility index (Phi) is 5.34. The first-order valence-corrected chi connectivity index (χ1v) is 9.54. The number of hydrogen-bond acceptors (Lipinski definition) is 4. The second kappa shape index (κ2) is 8.24. The second-order valence-electron chi connectivity index (χ2n) is 6.83. The molecule has 30 heavy (non-hydrogen) atoms. The minimum Gasteiger partial charge on any atom is -0.322 e. The molecule has 0 aliphatic heterocycles. The van der Waals surface area contributed by atoms with Gasteiger partial charge in [-0.15, -0.1) is 0 Å². The Hall–Kier alpha value is -3.87. The van der Waals surface area contributed by atoms with E-state index in [0.717, 1.165) is 5.56 Å². The van der Waals surface area contributed by atoms with Crippen LogP contribution in [0, 0.1) is 5.82 Å². The minimum atomic E-state index is -0.326. The molecule has 0 spiro atoms. The number of anilines is 1. The molecule has 0 unspecified atom stereocenters. The lowest BCUT2D eigenvalue weighted by atomic mass is 10.1. The van der Waals surface area contributed by atoms with E-state index in [4.69, 9.17) is 0 Å². The number of fused-ring (bicyclic) bond motifs is 1. The topological polar surface area (TPSA) is 76.9 Å². The van der Waals surface area contributed by atoms with Gasteiger partial charge in [-0.3, -0.25) is 19.1 Å². The van der Waals surface area contributed by atoms with E-state index in [1.54, 1.807) is 53.2 Å². The van der Waals surface area contributed by atoms with Gasteiger partial charge in [0.15, 0.2) is 0 Å². The fourth-order valence-corrected chi connectivity index (χ4v) is 3.25. The third-order valence-corrected chi connectivity index (χ3v) is 4.78. The molecule has 6 nitrogen and oxygen atoms in total. The number of halogens is 1. The first-order valence-electron chi connectivity index (χ1n) is 9.54. The van der Waals surface area contributed by atoms with Crippen LogP contribution >= 0.6 is 0 Å². The Bertz CT molecular complexity index is 1270. The molecule has 2 aromatic carbocycles. The molecule has 2 heterocycles. The number of aryl methyl sites for hydroxylation is 1. The molecule has 4 rings (SSSR count). The average Bonchev–Trinajstić information content (AvgIpc) is 2.78. The molecule has 0 aliphatic rings. The molecule has 0 atom stereocenters. The van der Waals surface area contributed by atoms with Crippen LogP contribution in [0.15, 0.2) is 71.8 Å². The molecule has 0 saturated heterocycles. The zero-order valence-corrected chi connectivity index (χ0v) is 16.3. The van der Waals surface area contributed by atoms with E-state index in [1.807, 2.05) is 6.92 Å². The lowest BCUT2D eigenvalue weighted by Gasteiger charge is -2.13. The highest BCUT2D eigenvalue weighted by Crippen LogP contribution is 2.17. The number of benzene rings is 2. The summed E-state index contributed by atoms with van der Waals surface area (Å²) < 4.78 is 14.8. The molecule has 2 aromatic heterocycles. The summed E-state index contributed by atoms with van der Waals surface area (Å²) in [4.78, 5) is 34.2. The van der Waals surface area contributed by atoms with Gasteiger partial charge >= 0.3 is 0 Å². The minimum absolute atomic E-state index is 0.210. The Morgan fingerprint density at radius 3 is 2.63 bits per heavy atom. The second-order valence-corrected chi connectivity index (χ2v) is 6.83.